The number of phenolic OH excluding ortho intramolecular Hbond substituents is 1. The highest BCUT2D eigenvalue weighted by atomic mass is 35.5. The number of hydrogen-bond donors (Lipinski definition) is 3. The first-order chi connectivity index (χ1) is 6.54. The number of hydrogen-bond acceptors (Lipinski definition) is 3. The van der Waals surface area contributed by atoms with Crippen LogP contribution in [-0.4, -0.2) is 16.3 Å². The largest absolute Gasteiger partial charge is 0.508 e. The van der Waals surface area contributed by atoms with Gasteiger partial charge in [0.1, 0.15) is 5.75 Å². The van der Waals surface area contributed by atoms with Gasteiger partial charge in [0.25, 0.3) is 0 Å². The minimum Gasteiger partial charge on any atom is -0.508 e. The van der Waals surface area contributed by atoms with Crippen LogP contribution in [0.4, 0.5) is 0 Å². The fraction of sp³-hybridized carbons (Fsp3) is 0.455. The summed E-state index contributed by atoms with van der Waals surface area (Å²) in [5.41, 5.74) is 6.42. The Bertz CT molecular complexity index is 304. The van der Waals surface area contributed by atoms with Crippen LogP contribution < -0.4 is 5.73 Å². The molecule has 86 valence electrons. The van der Waals surface area contributed by atoms with Gasteiger partial charge in [-0.3, -0.25) is 0 Å². The third kappa shape index (κ3) is 3.38. The van der Waals surface area contributed by atoms with Gasteiger partial charge >= 0.3 is 0 Å². The summed E-state index contributed by atoms with van der Waals surface area (Å²) in [5.74, 6) is 0.212. The van der Waals surface area contributed by atoms with Gasteiger partial charge in [0, 0.05) is 5.56 Å². The lowest BCUT2D eigenvalue weighted by atomic mass is 9.94. The first kappa shape index (κ1) is 14.2. The number of para-hydroxylation sites is 1. The molecule has 0 spiro atoms. The van der Waals surface area contributed by atoms with Gasteiger partial charge < -0.3 is 15.9 Å². The Morgan fingerprint density at radius 2 is 1.73 bits per heavy atom. The fourth-order valence-corrected chi connectivity index (χ4v) is 1.37. The van der Waals surface area contributed by atoms with E-state index in [4.69, 9.17) is 5.73 Å². The van der Waals surface area contributed by atoms with E-state index < -0.39 is 12.1 Å². The first-order valence-corrected chi connectivity index (χ1v) is 4.75. The van der Waals surface area contributed by atoms with Crippen molar-refractivity contribution in [2.75, 3.05) is 0 Å². The summed E-state index contributed by atoms with van der Waals surface area (Å²) >= 11 is 0. The van der Waals surface area contributed by atoms with Gasteiger partial charge in [-0.2, -0.15) is 0 Å². The van der Waals surface area contributed by atoms with E-state index in [-0.39, 0.29) is 24.1 Å². The van der Waals surface area contributed by atoms with E-state index in [1.807, 2.05) is 13.8 Å². The monoisotopic (exact) mass is 231 g/mol. The summed E-state index contributed by atoms with van der Waals surface area (Å²) in [7, 11) is 0. The lowest BCUT2D eigenvalue weighted by Gasteiger charge is -2.22. The van der Waals surface area contributed by atoms with Gasteiger partial charge in [-0.25, -0.2) is 0 Å². The molecule has 0 aromatic heterocycles. The lowest BCUT2D eigenvalue weighted by Crippen LogP contribution is -2.30. The van der Waals surface area contributed by atoms with Crippen molar-refractivity contribution in [3.05, 3.63) is 29.8 Å². The standard InChI is InChI=1S/C11H17NO2.ClH/c1-7(2)11(14)10(12)8-5-3-4-6-9(8)13;/h3-7,10-11,13-14H,12H2,1-2H3;1H/t10-,11+;/m1./s1. The summed E-state index contributed by atoms with van der Waals surface area (Å²) in [6.07, 6.45) is -0.636. The molecule has 0 saturated heterocycles. The zero-order chi connectivity index (χ0) is 10.7. The minimum absolute atomic E-state index is 0. The highest BCUT2D eigenvalue weighted by molar-refractivity contribution is 5.85. The van der Waals surface area contributed by atoms with Gasteiger partial charge in [-0.15, -0.1) is 12.4 Å². The number of benzene rings is 1. The van der Waals surface area contributed by atoms with Crippen molar-refractivity contribution >= 4 is 12.4 Å². The molecule has 0 saturated carbocycles. The maximum absolute atomic E-state index is 9.74. The van der Waals surface area contributed by atoms with E-state index in [0.29, 0.717) is 5.56 Å². The van der Waals surface area contributed by atoms with Crippen LogP contribution in [0.25, 0.3) is 0 Å². The molecule has 0 unspecified atom stereocenters. The van der Waals surface area contributed by atoms with Crippen molar-refractivity contribution in [1.82, 2.24) is 0 Å². The maximum atomic E-state index is 9.74. The topological polar surface area (TPSA) is 66.5 Å². The van der Waals surface area contributed by atoms with Crippen LogP contribution in [0.15, 0.2) is 24.3 Å². The molecule has 0 heterocycles. The maximum Gasteiger partial charge on any atom is 0.120 e. The molecule has 0 aliphatic rings. The molecule has 0 radical (unpaired) electrons. The van der Waals surface area contributed by atoms with E-state index >= 15 is 0 Å². The molecule has 0 aliphatic heterocycles. The van der Waals surface area contributed by atoms with Gasteiger partial charge in [-0.05, 0) is 12.0 Å². The molecule has 1 aromatic carbocycles. The average molecular weight is 232 g/mol. The SMILES string of the molecule is CC(C)[C@H](O)[C@H](N)c1ccccc1O.Cl. The van der Waals surface area contributed by atoms with Crippen LogP contribution >= 0.6 is 12.4 Å². The smallest absolute Gasteiger partial charge is 0.120 e. The van der Waals surface area contributed by atoms with E-state index in [2.05, 4.69) is 0 Å². The molecular formula is C11H18ClNO2. The van der Waals surface area contributed by atoms with Crippen LogP contribution in [0.1, 0.15) is 25.5 Å². The molecular weight excluding hydrogens is 214 g/mol. The van der Waals surface area contributed by atoms with Gasteiger partial charge in [0.15, 0.2) is 0 Å². The molecule has 0 fully saturated rings. The van der Waals surface area contributed by atoms with Gasteiger partial charge in [0.2, 0.25) is 0 Å². The summed E-state index contributed by atoms with van der Waals surface area (Å²) in [6, 6.07) is 6.29. The number of rotatable bonds is 3. The Hall–Kier alpha value is -0.770. The van der Waals surface area contributed by atoms with E-state index in [9.17, 15) is 10.2 Å². The molecule has 0 aliphatic carbocycles. The quantitative estimate of drug-likeness (QED) is 0.744. The third-order valence-electron chi connectivity index (χ3n) is 2.35. The third-order valence-corrected chi connectivity index (χ3v) is 2.35. The normalized spacial score (nSPS) is 14.5. The summed E-state index contributed by atoms with van der Waals surface area (Å²) in [4.78, 5) is 0. The Labute approximate surface area is 96.3 Å². The van der Waals surface area contributed by atoms with Gasteiger partial charge in [0.05, 0.1) is 12.1 Å². The van der Waals surface area contributed by atoms with E-state index in [1.54, 1.807) is 24.3 Å². The van der Waals surface area contributed by atoms with Crippen molar-refractivity contribution in [2.24, 2.45) is 11.7 Å². The predicted molar refractivity (Wildman–Crippen MR) is 63.1 cm³/mol. The van der Waals surface area contributed by atoms with Crippen LogP contribution in [0.3, 0.4) is 0 Å². The molecule has 4 heteroatoms. The van der Waals surface area contributed by atoms with Crippen LogP contribution in [0, 0.1) is 5.92 Å². The Kier molecular flexibility index (Phi) is 5.65. The molecule has 1 aromatic rings. The lowest BCUT2D eigenvalue weighted by molar-refractivity contribution is 0.0970. The van der Waals surface area contributed by atoms with Crippen molar-refractivity contribution in [3.8, 4) is 5.75 Å². The Balaban J connectivity index is 0.00000196. The second-order valence-corrected chi connectivity index (χ2v) is 3.82. The second-order valence-electron chi connectivity index (χ2n) is 3.82. The van der Waals surface area contributed by atoms with Crippen molar-refractivity contribution < 1.29 is 10.2 Å². The fourth-order valence-electron chi connectivity index (χ4n) is 1.37. The van der Waals surface area contributed by atoms with Crippen LogP contribution in [0.2, 0.25) is 0 Å². The summed E-state index contributed by atoms with van der Waals surface area (Å²) in [6.45, 7) is 3.79. The number of phenols is 1. The number of aromatic hydroxyl groups is 1. The molecule has 0 amide bonds. The Morgan fingerprint density at radius 1 is 1.20 bits per heavy atom. The predicted octanol–water partition coefficient (Wildman–Crippen LogP) is 1.83. The number of halogens is 1. The van der Waals surface area contributed by atoms with Crippen molar-refractivity contribution in [3.63, 3.8) is 0 Å². The molecule has 3 nitrogen and oxygen atoms in total. The van der Waals surface area contributed by atoms with Crippen LogP contribution in [0.5, 0.6) is 5.75 Å². The Morgan fingerprint density at radius 3 is 2.20 bits per heavy atom. The first-order valence-electron chi connectivity index (χ1n) is 4.75. The minimum atomic E-state index is -0.636. The highest BCUT2D eigenvalue weighted by Gasteiger charge is 2.21. The van der Waals surface area contributed by atoms with Crippen molar-refractivity contribution in [1.29, 1.82) is 0 Å². The summed E-state index contributed by atoms with van der Waals surface area (Å²) < 4.78 is 0. The van der Waals surface area contributed by atoms with Crippen LogP contribution in [-0.2, 0) is 0 Å². The average Bonchev–Trinajstić information content (AvgIpc) is 2.16. The zero-order valence-electron chi connectivity index (χ0n) is 8.92. The highest BCUT2D eigenvalue weighted by Crippen LogP contribution is 2.26. The van der Waals surface area contributed by atoms with Crippen molar-refractivity contribution in [2.45, 2.75) is 26.0 Å². The molecule has 15 heavy (non-hydrogen) atoms. The van der Waals surface area contributed by atoms with E-state index in [1.165, 1.54) is 0 Å². The number of aliphatic hydroxyl groups excluding tert-OH is 1. The van der Waals surface area contributed by atoms with Gasteiger partial charge in [-0.1, -0.05) is 32.0 Å². The number of aliphatic hydroxyl groups is 1. The molecule has 1 rings (SSSR count). The summed E-state index contributed by atoms with van der Waals surface area (Å²) in [5, 5.41) is 19.3. The molecule has 2 atom stereocenters. The number of nitrogens with two attached hydrogens (primary N) is 1. The second kappa shape index (κ2) is 5.95. The molecule has 4 N–H and O–H groups in total. The zero-order valence-corrected chi connectivity index (χ0v) is 9.74. The molecule has 0 bridgehead atoms. The van der Waals surface area contributed by atoms with E-state index in [0.717, 1.165) is 0 Å².